The van der Waals surface area contributed by atoms with Crippen molar-refractivity contribution < 1.29 is 9.42 Å². The zero-order valence-electron chi connectivity index (χ0n) is 8.56. The summed E-state index contributed by atoms with van der Waals surface area (Å²) >= 11 is 0. The zero-order chi connectivity index (χ0) is 10.8. The van der Waals surface area contributed by atoms with Crippen LogP contribution in [0.25, 0.3) is 0 Å². The summed E-state index contributed by atoms with van der Waals surface area (Å²) in [5.74, 6) is 0.487. The van der Waals surface area contributed by atoms with Crippen LogP contribution in [0.1, 0.15) is 36.7 Å². The van der Waals surface area contributed by atoms with Crippen LogP contribution in [-0.2, 0) is 0 Å². The van der Waals surface area contributed by atoms with Crippen molar-refractivity contribution in [3.63, 3.8) is 0 Å². The molecule has 0 aromatic carbocycles. The minimum Gasteiger partial charge on any atom is -0.379 e. The molecule has 1 unspecified atom stereocenters. The SMILES string of the molecule is CC(CC1CC1)NC(=O)c1nonc1N. The third kappa shape index (κ3) is 2.45. The van der Waals surface area contributed by atoms with E-state index in [0.717, 1.165) is 12.3 Å². The Morgan fingerprint density at radius 3 is 2.93 bits per heavy atom. The van der Waals surface area contributed by atoms with Crippen molar-refractivity contribution in [2.75, 3.05) is 5.73 Å². The van der Waals surface area contributed by atoms with Gasteiger partial charge in [0.25, 0.3) is 5.91 Å². The minimum absolute atomic E-state index is 0.0334. The van der Waals surface area contributed by atoms with Crippen molar-refractivity contribution in [1.82, 2.24) is 15.6 Å². The lowest BCUT2D eigenvalue weighted by atomic mass is 10.1. The van der Waals surface area contributed by atoms with Gasteiger partial charge in [0, 0.05) is 6.04 Å². The molecule has 2 rings (SSSR count). The van der Waals surface area contributed by atoms with Gasteiger partial charge in [0.1, 0.15) is 0 Å². The van der Waals surface area contributed by atoms with E-state index >= 15 is 0 Å². The number of nitrogens with one attached hydrogen (secondary N) is 1. The van der Waals surface area contributed by atoms with Gasteiger partial charge in [-0.2, -0.15) is 0 Å². The molecule has 1 atom stereocenters. The molecule has 3 N–H and O–H groups in total. The number of nitrogen functional groups attached to an aromatic ring is 1. The quantitative estimate of drug-likeness (QED) is 0.757. The molecule has 6 heteroatoms. The summed E-state index contributed by atoms with van der Waals surface area (Å²) in [6, 6.07) is 0.140. The molecule has 1 heterocycles. The van der Waals surface area contributed by atoms with Crippen LogP contribution >= 0.6 is 0 Å². The van der Waals surface area contributed by atoms with Crippen LogP contribution in [-0.4, -0.2) is 22.3 Å². The number of anilines is 1. The number of hydrogen-bond acceptors (Lipinski definition) is 5. The molecule has 0 bridgehead atoms. The first-order chi connectivity index (χ1) is 7.16. The summed E-state index contributed by atoms with van der Waals surface area (Å²) in [7, 11) is 0. The molecule has 1 amide bonds. The van der Waals surface area contributed by atoms with Gasteiger partial charge in [-0.3, -0.25) is 4.79 Å². The normalized spacial score (nSPS) is 17.4. The predicted molar refractivity (Wildman–Crippen MR) is 53.0 cm³/mol. The Labute approximate surface area is 87.2 Å². The Hall–Kier alpha value is -1.59. The number of carbonyl (C=O) groups excluding carboxylic acids is 1. The van der Waals surface area contributed by atoms with E-state index in [1.807, 2.05) is 6.92 Å². The van der Waals surface area contributed by atoms with Crippen molar-refractivity contribution in [1.29, 1.82) is 0 Å². The average molecular weight is 210 g/mol. The molecule has 0 saturated heterocycles. The highest BCUT2D eigenvalue weighted by Gasteiger charge is 2.25. The maximum Gasteiger partial charge on any atom is 0.277 e. The number of amides is 1. The molecule has 1 aromatic rings. The third-order valence-corrected chi connectivity index (χ3v) is 2.49. The van der Waals surface area contributed by atoms with E-state index in [2.05, 4.69) is 20.3 Å². The zero-order valence-corrected chi connectivity index (χ0v) is 8.56. The van der Waals surface area contributed by atoms with E-state index < -0.39 is 0 Å². The van der Waals surface area contributed by atoms with E-state index in [9.17, 15) is 4.79 Å². The molecule has 0 aliphatic heterocycles. The van der Waals surface area contributed by atoms with Crippen molar-refractivity contribution >= 4 is 11.7 Å². The molecule has 82 valence electrons. The Balaban J connectivity index is 1.88. The first-order valence-corrected chi connectivity index (χ1v) is 5.05. The fraction of sp³-hybridized carbons (Fsp3) is 0.667. The maximum absolute atomic E-state index is 11.6. The average Bonchev–Trinajstić information content (AvgIpc) is 2.85. The highest BCUT2D eigenvalue weighted by molar-refractivity contribution is 5.96. The van der Waals surface area contributed by atoms with Crippen LogP contribution in [0.4, 0.5) is 5.82 Å². The molecule has 0 radical (unpaired) electrons. The monoisotopic (exact) mass is 210 g/mol. The largest absolute Gasteiger partial charge is 0.379 e. The first-order valence-electron chi connectivity index (χ1n) is 5.05. The molecule has 0 spiro atoms. The standard InChI is InChI=1S/C9H14N4O2/c1-5(4-6-2-3-6)11-9(14)7-8(10)13-15-12-7/h5-6H,2-4H2,1H3,(H2,10,13)(H,11,14). The van der Waals surface area contributed by atoms with Crippen LogP contribution < -0.4 is 11.1 Å². The van der Waals surface area contributed by atoms with E-state index in [1.165, 1.54) is 12.8 Å². The molecule has 1 fully saturated rings. The third-order valence-electron chi connectivity index (χ3n) is 2.49. The van der Waals surface area contributed by atoms with E-state index in [1.54, 1.807) is 0 Å². The van der Waals surface area contributed by atoms with Crippen molar-refractivity contribution in [2.24, 2.45) is 5.92 Å². The fourth-order valence-corrected chi connectivity index (χ4v) is 1.56. The predicted octanol–water partition coefficient (Wildman–Crippen LogP) is 0.570. The van der Waals surface area contributed by atoms with Gasteiger partial charge in [-0.25, -0.2) is 4.63 Å². The lowest BCUT2D eigenvalue weighted by Crippen LogP contribution is -2.33. The topological polar surface area (TPSA) is 94.0 Å². The van der Waals surface area contributed by atoms with Crippen LogP contribution in [0.15, 0.2) is 4.63 Å². The summed E-state index contributed by atoms with van der Waals surface area (Å²) in [6.07, 6.45) is 3.55. The summed E-state index contributed by atoms with van der Waals surface area (Å²) in [5, 5.41) is 9.60. The fourth-order valence-electron chi connectivity index (χ4n) is 1.56. The number of hydrogen-bond donors (Lipinski definition) is 2. The highest BCUT2D eigenvalue weighted by atomic mass is 16.6. The number of nitrogens with zero attached hydrogens (tertiary/aromatic N) is 2. The van der Waals surface area contributed by atoms with Gasteiger partial charge in [0.15, 0.2) is 0 Å². The molecular weight excluding hydrogens is 196 g/mol. The number of carbonyl (C=O) groups is 1. The van der Waals surface area contributed by atoms with E-state index in [-0.39, 0.29) is 23.5 Å². The van der Waals surface area contributed by atoms with Gasteiger partial charge < -0.3 is 11.1 Å². The van der Waals surface area contributed by atoms with E-state index in [0.29, 0.717) is 0 Å². The van der Waals surface area contributed by atoms with Crippen molar-refractivity contribution in [3.05, 3.63) is 5.69 Å². The Morgan fingerprint density at radius 1 is 1.67 bits per heavy atom. The Kier molecular flexibility index (Phi) is 2.57. The Morgan fingerprint density at radius 2 is 2.40 bits per heavy atom. The number of nitrogens with two attached hydrogens (primary N) is 1. The summed E-state index contributed by atoms with van der Waals surface area (Å²) in [5.41, 5.74) is 5.47. The summed E-state index contributed by atoms with van der Waals surface area (Å²) in [4.78, 5) is 11.6. The molecule has 1 aliphatic rings. The van der Waals surface area contributed by atoms with Gasteiger partial charge in [-0.15, -0.1) is 0 Å². The molecular formula is C9H14N4O2. The molecule has 1 aromatic heterocycles. The maximum atomic E-state index is 11.6. The van der Waals surface area contributed by atoms with Gasteiger partial charge in [0.2, 0.25) is 11.5 Å². The highest BCUT2D eigenvalue weighted by Crippen LogP contribution is 2.33. The summed E-state index contributed by atoms with van der Waals surface area (Å²) < 4.78 is 4.36. The molecule has 1 saturated carbocycles. The van der Waals surface area contributed by atoms with E-state index in [4.69, 9.17) is 5.73 Å². The smallest absolute Gasteiger partial charge is 0.277 e. The lowest BCUT2D eigenvalue weighted by Gasteiger charge is -2.11. The van der Waals surface area contributed by atoms with Crippen LogP contribution in [0, 0.1) is 5.92 Å². The van der Waals surface area contributed by atoms with Crippen LogP contribution in [0.5, 0.6) is 0 Å². The second-order valence-electron chi connectivity index (χ2n) is 4.05. The minimum atomic E-state index is -0.318. The van der Waals surface area contributed by atoms with Crippen molar-refractivity contribution in [3.8, 4) is 0 Å². The molecule has 1 aliphatic carbocycles. The number of rotatable bonds is 4. The first kappa shape index (κ1) is 9.95. The molecule has 15 heavy (non-hydrogen) atoms. The Bertz CT molecular complexity index is 359. The second kappa shape index (κ2) is 3.88. The van der Waals surface area contributed by atoms with Crippen molar-refractivity contribution in [2.45, 2.75) is 32.2 Å². The number of aromatic nitrogens is 2. The van der Waals surface area contributed by atoms with Gasteiger partial charge >= 0.3 is 0 Å². The summed E-state index contributed by atoms with van der Waals surface area (Å²) in [6.45, 7) is 1.97. The van der Waals surface area contributed by atoms with Gasteiger partial charge in [-0.05, 0) is 29.6 Å². The van der Waals surface area contributed by atoms with Crippen LogP contribution in [0.3, 0.4) is 0 Å². The van der Waals surface area contributed by atoms with Gasteiger partial charge in [0.05, 0.1) is 0 Å². The van der Waals surface area contributed by atoms with Crippen LogP contribution in [0.2, 0.25) is 0 Å². The second-order valence-corrected chi connectivity index (χ2v) is 4.05. The van der Waals surface area contributed by atoms with Gasteiger partial charge in [-0.1, -0.05) is 12.8 Å². The lowest BCUT2D eigenvalue weighted by molar-refractivity contribution is 0.0928. The molecule has 6 nitrogen and oxygen atoms in total.